The van der Waals surface area contributed by atoms with Crippen LogP contribution in [0.5, 0.6) is 0 Å². The molecule has 0 spiro atoms. The summed E-state index contributed by atoms with van der Waals surface area (Å²) in [4.78, 5) is 36.7. The highest BCUT2D eigenvalue weighted by atomic mass is 16.5. The molecule has 1 aromatic carbocycles. The fourth-order valence-electron chi connectivity index (χ4n) is 3.25. The fourth-order valence-corrected chi connectivity index (χ4v) is 3.25. The number of amides is 2. The molecule has 26 heavy (non-hydrogen) atoms. The zero-order chi connectivity index (χ0) is 19.3. The molecule has 2 N–H and O–H groups in total. The number of benzene rings is 1. The molecular formula is C20H28N2O4. The Labute approximate surface area is 154 Å². The van der Waals surface area contributed by atoms with Crippen molar-refractivity contribution in [2.24, 2.45) is 11.8 Å². The van der Waals surface area contributed by atoms with Crippen LogP contribution < -0.4 is 10.6 Å². The van der Waals surface area contributed by atoms with E-state index in [1.165, 1.54) is 7.11 Å². The van der Waals surface area contributed by atoms with Crippen molar-refractivity contribution in [3.8, 4) is 0 Å². The third kappa shape index (κ3) is 5.07. The average Bonchev–Trinajstić information content (AvgIpc) is 3.07. The maximum Gasteiger partial charge on any atom is 0.308 e. The van der Waals surface area contributed by atoms with E-state index in [4.69, 9.17) is 4.74 Å². The molecule has 2 rings (SSSR count). The molecule has 1 unspecified atom stereocenters. The number of esters is 1. The molecule has 1 fully saturated rings. The molecule has 1 aromatic rings. The molecule has 0 bridgehead atoms. The zero-order valence-electron chi connectivity index (χ0n) is 15.9. The van der Waals surface area contributed by atoms with Gasteiger partial charge in [-0.1, -0.05) is 31.5 Å². The Bertz CT molecular complexity index is 654. The van der Waals surface area contributed by atoms with Gasteiger partial charge in [-0.15, -0.1) is 0 Å². The van der Waals surface area contributed by atoms with Gasteiger partial charge in [-0.05, 0) is 44.2 Å². The number of nitrogens with one attached hydrogen (secondary N) is 2. The highest BCUT2D eigenvalue weighted by Gasteiger charge is 2.33. The van der Waals surface area contributed by atoms with Crippen LogP contribution in [-0.2, 0) is 14.3 Å². The maximum atomic E-state index is 12.7. The van der Waals surface area contributed by atoms with E-state index in [0.29, 0.717) is 18.4 Å². The first kappa shape index (κ1) is 19.9. The van der Waals surface area contributed by atoms with Crippen molar-refractivity contribution in [2.75, 3.05) is 7.11 Å². The molecule has 2 amide bonds. The van der Waals surface area contributed by atoms with Gasteiger partial charge < -0.3 is 15.4 Å². The van der Waals surface area contributed by atoms with E-state index in [-0.39, 0.29) is 35.7 Å². The van der Waals surface area contributed by atoms with Crippen LogP contribution >= 0.6 is 0 Å². The van der Waals surface area contributed by atoms with Crippen molar-refractivity contribution < 1.29 is 19.1 Å². The van der Waals surface area contributed by atoms with Crippen LogP contribution in [0.1, 0.15) is 49.0 Å². The number of rotatable bonds is 6. The zero-order valence-corrected chi connectivity index (χ0v) is 15.9. The maximum absolute atomic E-state index is 12.7. The molecule has 3 atom stereocenters. The number of ether oxygens (including phenoxy) is 1. The lowest BCUT2D eigenvalue weighted by Crippen LogP contribution is -2.51. The largest absolute Gasteiger partial charge is 0.469 e. The SMILES string of the molecule is COC(=O)[C@H]1CC[C@@H](NC(=O)C(NC(=O)c2ccc(C)cc2)C(C)C)C1. The Morgan fingerprint density at radius 3 is 2.35 bits per heavy atom. The second kappa shape index (κ2) is 8.83. The Hall–Kier alpha value is -2.37. The van der Waals surface area contributed by atoms with Gasteiger partial charge in [-0.3, -0.25) is 14.4 Å². The first-order chi connectivity index (χ1) is 12.3. The van der Waals surface area contributed by atoms with Crippen molar-refractivity contribution in [3.05, 3.63) is 35.4 Å². The van der Waals surface area contributed by atoms with Gasteiger partial charge in [0.25, 0.3) is 5.91 Å². The number of carbonyl (C=O) groups is 3. The van der Waals surface area contributed by atoms with Gasteiger partial charge >= 0.3 is 5.97 Å². The summed E-state index contributed by atoms with van der Waals surface area (Å²) >= 11 is 0. The van der Waals surface area contributed by atoms with Gasteiger partial charge in [0.05, 0.1) is 13.0 Å². The smallest absolute Gasteiger partial charge is 0.308 e. The predicted octanol–water partition coefficient (Wildman–Crippen LogP) is 2.21. The molecule has 6 heteroatoms. The quantitative estimate of drug-likeness (QED) is 0.762. The minimum Gasteiger partial charge on any atom is -0.469 e. The number of aryl methyl sites for hydroxylation is 1. The first-order valence-corrected chi connectivity index (χ1v) is 9.07. The molecule has 142 valence electrons. The minimum absolute atomic E-state index is 0.0535. The fraction of sp³-hybridized carbons (Fsp3) is 0.550. The van der Waals surface area contributed by atoms with E-state index in [2.05, 4.69) is 10.6 Å². The lowest BCUT2D eigenvalue weighted by molar-refractivity contribution is -0.145. The van der Waals surface area contributed by atoms with E-state index in [0.717, 1.165) is 12.0 Å². The Morgan fingerprint density at radius 2 is 1.77 bits per heavy atom. The summed E-state index contributed by atoms with van der Waals surface area (Å²) in [5.41, 5.74) is 1.60. The van der Waals surface area contributed by atoms with Crippen LogP contribution in [0.2, 0.25) is 0 Å². The normalized spacial score (nSPS) is 20.5. The van der Waals surface area contributed by atoms with Gasteiger partial charge in [0.1, 0.15) is 6.04 Å². The lowest BCUT2D eigenvalue weighted by atomic mass is 10.0. The summed E-state index contributed by atoms with van der Waals surface area (Å²) in [6, 6.07) is 6.54. The first-order valence-electron chi connectivity index (χ1n) is 9.07. The summed E-state index contributed by atoms with van der Waals surface area (Å²) < 4.78 is 4.77. The van der Waals surface area contributed by atoms with Crippen LogP contribution in [-0.4, -0.2) is 37.0 Å². The van der Waals surface area contributed by atoms with E-state index in [1.807, 2.05) is 32.9 Å². The summed E-state index contributed by atoms with van der Waals surface area (Å²) in [6.45, 7) is 5.74. The second-order valence-electron chi connectivity index (χ2n) is 7.30. The number of hydrogen-bond acceptors (Lipinski definition) is 4. The molecule has 6 nitrogen and oxygen atoms in total. The van der Waals surface area contributed by atoms with Gasteiger partial charge in [0, 0.05) is 11.6 Å². The van der Waals surface area contributed by atoms with E-state index < -0.39 is 6.04 Å². The summed E-state index contributed by atoms with van der Waals surface area (Å²) in [5.74, 6) is -0.921. The summed E-state index contributed by atoms with van der Waals surface area (Å²) in [6.07, 6.45) is 2.02. The lowest BCUT2D eigenvalue weighted by Gasteiger charge is -2.24. The standard InChI is InChI=1S/C20H28N2O4/c1-12(2)17(22-18(23)14-7-5-13(3)6-8-14)19(24)21-16-10-9-15(11-16)20(25)26-4/h5-8,12,15-17H,9-11H2,1-4H3,(H,21,24)(H,22,23)/t15-,16+,17?/m0/s1. The molecule has 1 saturated carbocycles. The van der Waals surface area contributed by atoms with Crippen molar-refractivity contribution in [1.82, 2.24) is 10.6 Å². The van der Waals surface area contributed by atoms with Crippen LogP contribution in [0.15, 0.2) is 24.3 Å². The molecular weight excluding hydrogens is 332 g/mol. The van der Waals surface area contributed by atoms with Gasteiger partial charge in [0.2, 0.25) is 5.91 Å². The highest BCUT2D eigenvalue weighted by Crippen LogP contribution is 2.26. The van der Waals surface area contributed by atoms with Crippen molar-refractivity contribution in [1.29, 1.82) is 0 Å². The van der Waals surface area contributed by atoms with Gasteiger partial charge in [0.15, 0.2) is 0 Å². The molecule has 0 aromatic heterocycles. The topological polar surface area (TPSA) is 84.5 Å². The van der Waals surface area contributed by atoms with Crippen LogP contribution in [0.3, 0.4) is 0 Å². The summed E-state index contributed by atoms with van der Waals surface area (Å²) in [5, 5.41) is 5.80. The van der Waals surface area contributed by atoms with Crippen LogP contribution in [0, 0.1) is 18.8 Å². The number of hydrogen-bond donors (Lipinski definition) is 2. The minimum atomic E-state index is -0.624. The molecule has 0 aliphatic heterocycles. The Balaban J connectivity index is 1.96. The Kier molecular flexibility index (Phi) is 6.77. The van der Waals surface area contributed by atoms with Gasteiger partial charge in [-0.25, -0.2) is 0 Å². The molecule has 0 saturated heterocycles. The summed E-state index contributed by atoms with van der Waals surface area (Å²) in [7, 11) is 1.38. The van der Waals surface area contributed by atoms with Crippen molar-refractivity contribution in [3.63, 3.8) is 0 Å². The second-order valence-corrected chi connectivity index (χ2v) is 7.30. The van der Waals surface area contributed by atoms with Gasteiger partial charge in [-0.2, -0.15) is 0 Å². The molecule has 1 aliphatic rings. The molecule has 1 aliphatic carbocycles. The van der Waals surface area contributed by atoms with Crippen LogP contribution in [0.25, 0.3) is 0 Å². The molecule has 0 radical (unpaired) electrons. The third-order valence-electron chi connectivity index (χ3n) is 4.86. The van der Waals surface area contributed by atoms with E-state index >= 15 is 0 Å². The average molecular weight is 360 g/mol. The van der Waals surface area contributed by atoms with E-state index in [9.17, 15) is 14.4 Å². The Morgan fingerprint density at radius 1 is 1.12 bits per heavy atom. The van der Waals surface area contributed by atoms with Crippen molar-refractivity contribution >= 4 is 17.8 Å². The van der Waals surface area contributed by atoms with Crippen LogP contribution in [0.4, 0.5) is 0 Å². The molecule has 0 heterocycles. The predicted molar refractivity (Wildman–Crippen MR) is 98.6 cm³/mol. The van der Waals surface area contributed by atoms with E-state index in [1.54, 1.807) is 12.1 Å². The van der Waals surface area contributed by atoms with Crippen molar-refractivity contribution in [2.45, 2.75) is 52.1 Å². The number of methoxy groups -OCH3 is 1. The number of carbonyl (C=O) groups excluding carboxylic acids is 3. The highest BCUT2D eigenvalue weighted by molar-refractivity contribution is 5.97. The third-order valence-corrected chi connectivity index (χ3v) is 4.86. The monoisotopic (exact) mass is 360 g/mol.